The zero-order valence-electron chi connectivity index (χ0n) is 8.21. The first-order valence-corrected chi connectivity index (χ1v) is 4.37. The van der Waals surface area contributed by atoms with E-state index in [9.17, 15) is 9.59 Å². The van der Waals surface area contributed by atoms with Gasteiger partial charge in [0, 0.05) is 12.4 Å². The normalized spacial score (nSPS) is 9.19. The van der Waals surface area contributed by atoms with Gasteiger partial charge in [-0.25, -0.2) is 9.59 Å². The van der Waals surface area contributed by atoms with Crippen LogP contribution in [0.2, 0.25) is 0 Å². The summed E-state index contributed by atoms with van der Waals surface area (Å²) in [7, 11) is 0. The molecule has 0 spiro atoms. The van der Waals surface area contributed by atoms with Crippen LogP contribution in [0.3, 0.4) is 0 Å². The molecule has 0 saturated carbocycles. The van der Waals surface area contributed by atoms with E-state index in [1.54, 1.807) is 0 Å². The molecule has 0 fully saturated rings. The predicted octanol–water partition coefficient (Wildman–Crippen LogP) is 0.850. The summed E-state index contributed by atoms with van der Waals surface area (Å²) >= 11 is 0. The lowest BCUT2D eigenvalue weighted by Crippen LogP contribution is -2.08. The molecule has 1 N–H and O–H groups in total. The number of pyridine rings is 1. The minimum Gasteiger partial charge on any atom is -0.478 e. The molecule has 0 radical (unpaired) electrons. The van der Waals surface area contributed by atoms with Crippen molar-refractivity contribution in [1.82, 2.24) is 4.98 Å². The molecule has 0 bridgehead atoms. The molecule has 82 valence electrons. The molecule has 1 rings (SSSR count). The number of hydrogen-bond acceptors (Lipinski definition) is 5. The number of carbonyl (C=O) groups is 2. The molecule has 0 saturated heterocycles. The smallest absolute Gasteiger partial charge is 0.339 e. The van der Waals surface area contributed by atoms with Crippen LogP contribution < -0.4 is 0 Å². The Labute approximate surface area is 91.1 Å². The number of nitrogens with zero attached hydrogens (tertiary/aromatic N) is 2. The minimum absolute atomic E-state index is 0.0212. The van der Waals surface area contributed by atoms with E-state index in [1.165, 1.54) is 12.3 Å². The Kier molecular flexibility index (Phi) is 3.98. The average molecular weight is 220 g/mol. The van der Waals surface area contributed by atoms with Gasteiger partial charge in [0.05, 0.1) is 23.6 Å². The van der Waals surface area contributed by atoms with Crippen molar-refractivity contribution in [2.45, 2.75) is 6.42 Å². The number of carboxylic acid groups (broad SMARTS) is 1. The highest BCUT2D eigenvalue weighted by Crippen LogP contribution is 2.04. The van der Waals surface area contributed by atoms with Crippen LogP contribution in [-0.4, -0.2) is 28.6 Å². The van der Waals surface area contributed by atoms with Gasteiger partial charge in [-0.2, -0.15) is 5.26 Å². The van der Waals surface area contributed by atoms with E-state index in [0.717, 1.165) is 6.20 Å². The summed E-state index contributed by atoms with van der Waals surface area (Å²) in [6.45, 7) is -0.0212. The first-order valence-electron chi connectivity index (χ1n) is 4.37. The zero-order chi connectivity index (χ0) is 12.0. The Balaban J connectivity index is 2.73. The summed E-state index contributed by atoms with van der Waals surface area (Å²) in [5.41, 5.74) is -0.0347. The Hall–Kier alpha value is -2.42. The van der Waals surface area contributed by atoms with E-state index in [-0.39, 0.29) is 24.2 Å². The monoisotopic (exact) mass is 220 g/mol. The van der Waals surface area contributed by atoms with Gasteiger partial charge in [-0.15, -0.1) is 0 Å². The van der Waals surface area contributed by atoms with Gasteiger partial charge in [-0.1, -0.05) is 0 Å². The highest BCUT2D eigenvalue weighted by Gasteiger charge is 2.11. The quantitative estimate of drug-likeness (QED) is 0.596. The molecular weight excluding hydrogens is 212 g/mol. The van der Waals surface area contributed by atoms with Crippen LogP contribution in [0.25, 0.3) is 0 Å². The third kappa shape index (κ3) is 3.06. The lowest BCUT2D eigenvalue weighted by molar-refractivity contribution is 0.0513. The first kappa shape index (κ1) is 11.7. The molecule has 1 aromatic rings. The maximum atomic E-state index is 11.3. The van der Waals surface area contributed by atoms with Crippen molar-refractivity contribution in [3.63, 3.8) is 0 Å². The molecule has 0 aliphatic carbocycles. The number of hydrogen-bond donors (Lipinski definition) is 1. The second kappa shape index (κ2) is 5.46. The topological polar surface area (TPSA) is 100 Å². The zero-order valence-corrected chi connectivity index (χ0v) is 8.21. The fourth-order valence-corrected chi connectivity index (χ4v) is 0.941. The second-order valence-corrected chi connectivity index (χ2v) is 2.81. The number of ether oxygens (including phenoxy) is 1. The van der Waals surface area contributed by atoms with Crippen LogP contribution in [0.5, 0.6) is 0 Å². The van der Waals surface area contributed by atoms with Gasteiger partial charge in [0.1, 0.15) is 6.61 Å². The van der Waals surface area contributed by atoms with Crippen molar-refractivity contribution in [2.24, 2.45) is 0 Å². The maximum Gasteiger partial charge on any atom is 0.339 e. The lowest BCUT2D eigenvalue weighted by Gasteiger charge is -2.02. The van der Waals surface area contributed by atoms with Gasteiger partial charge in [-0.05, 0) is 6.07 Å². The number of carbonyl (C=O) groups excluding carboxylic acids is 1. The number of aromatic carboxylic acids is 1. The van der Waals surface area contributed by atoms with E-state index >= 15 is 0 Å². The number of rotatable bonds is 4. The van der Waals surface area contributed by atoms with Crippen LogP contribution >= 0.6 is 0 Å². The summed E-state index contributed by atoms with van der Waals surface area (Å²) in [5, 5.41) is 16.9. The van der Waals surface area contributed by atoms with Gasteiger partial charge in [0.25, 0.3) is 0 Å². The Morgan fingerprint density at radius 2 is 2.12 bits per heavy atom. The number of carboxylic acids is 1. The second-order valence-electron chi connectivity index (χ2n) is 2.81. The molecular formula is C10H8N2O4. The van der Waals surface area contributed by atoms with Crippen LogP contribution in [0.4, 0.5) is 0 Å². The van der Waals surface area contributed by atoms with Crippen LogP contribution in [-0.2, 0) is 4.74 Å². The van der Waals surface area contributed by atoms with Crippen LogP contribution in [0.15, 0.2) is 18.5 Å². The summed E-state index contributed by atoms with van der Waals surface area (Å²) in [5.74, 6) is -1.86. The van der Waals surface area contributed by atoms with Crippen LogP contribution in [0, 0.1) is 11.3 Å². The van der Waals surface area contributed by atoms with E-state index in [1.807, 2.05) is 6.07 Å². The van der Waals surface area contributed by atoms with Gasteiger partial charge >= 0.3 is 11.9 Å². The number of nitriles is 1. The van der Waals surface area contributed by atoms with Crippen molar-refractivity contribution in [2.75, 3.05) is 6.61 Å². The Morgan fingerprint density at radius 3 is 2.75 bits per heavy atom. The SMILES string of the molecule is N#CCCOC(=O)c1cncc(C(=O)O)c1. The third-order valence-electron chi connectivity index (χ3n) is 1.67. The van der Waals surface area contributed by atoms with Crippen molar-refractivity contribution in [1.29, 1.82) is 5.26 Å². The van der Waals surface area contributed by atoms with E-state index in [2.05, 4.69) is 4.98 Å². The highest BCUT2D eigenvalue weighted by atomic mass is 16.5. The largest absolute Gasteiger partial charge is 0.478 e. The molecule has 6 heteroatoms. The van der Waals surface area contributed by atoms with E-state index in [4.69, 9.17) is 15.1 Å². The van der Waals surface area contributed by atoms with E-state index < -0.39 is 11.9 Å². The van der Waals surface area contributed by atoms with Gasteiger partial charge in [0.2, 0.25) is 0 Å². The Bertz CT molecular complexity index is 450. The van der Waals surface area contributed by atoms with Gasteiger partial charge in [0.15, 0.2) is 0 Å². The molecule has 0 aliphatic heterocycles. The van der Waals surface area contributed by atoms with Crippen LogP contribution in [0.1, 0.15) is 27.1 Å². The van der Waals surface area contributed by atoms with Gasteiger partial charge < -0.3 is 9.84 Å². The standard InChI is InChI=1S/C10H8N2O4/c11-2-1-3-16-10(15)8-4-7(9(13)14)5-12-6-8/h4-6H,1,3H2,(H,13,14). The maximum absolute atomic E-state index is 11.3. The summed E-state index contributed by atoms with van der Waals surface area (Å²) in [6, 6.07) is 2.99. The summed E-state index contributed by atoms with van der Waals surface area (Å²) < 4.78 is 4.71. The molecule has 1 heterocycles. The molecule has 0 amide bonds. The summed E-state index contributed by atoms with van der Waals surface area (Å²) in [6.07, 6.45) is 2.44. The van der Waals surface area contributed by atoms with Crippen molar-refractivity contribution < 1.29 is 19.4 Å². The average Bonchev–Trinajstić information content (AvgIpc) is 2.29. The van der Waals surface area contributed by atoms with Crippen molar-refractivity contribution >= 4 is 11.9 Å². The molecule has 0 unspecified atom stereocenters. The molecule has 0 aromatic carbocycles. The highest BCUT2D eigenvalue weighted by molar-refractivity contribution is 5.93. The van der Waals surface area contributed by atoms with E-state index in [0.29, 0.717) is 0 Å². The van der Waals surface area contributed by atoms with Crippen molar-refractivity contribution in [3.8, 4) is 6.07 Å². The fourth-order valence-electron chi connectivity index (χ4n) is 0.941. The number of aromatic nitrogens is 1. The molecule has 1 aromatic heterocycles. The van der Waals surface area contributed by atoms with Crippen molar-refractivity contribution in [3.05, 3.63) is 29.6 Å². The fraction of sp³-hybridized carbons (Fsp3) is 0.200. The molecule has 16 heavy (non-hydrogen) atoms. The third-order valence-corrected chi connectivity index (χ3v) is 1.67. The molecule has 0 aliphatic rings. The Morgan fingerprint density at radius 1 is 1.44 bits per heavy atom. The first-order chi connectivity index (χ1) is 7.65. The molecule has 0 atom stereocenters. The minimum atomic E-state index is -1.17. The van der Waals surface area contributed by atoms with Gasteiger partial charge in [-0.3, -0.25) is 4.98 Å². The summed E-state index contributed by atoms with van der Waals surface area (Å²) in [4.78, 5) is 25.5. The lowest BCUT2D eigenvalue weighted by atomic mass is 10.2. The number of esters is 1. The molecule has 6 nitrogen and oxygen atoms in total. The predicted molar refractivity (Wildman–Crippen MR) is 51.7 cm³/mol.